The van der Waals surface area contributed by atoms with Gasteiger partial charge in [-0.25, -0.2) is 0 Å². The van der Waals surface area contributed by atoms with E-state index in [0.717, 1.165) is 44.5 Å². The first kappa shape index (κ1) is 29.6. The summed E-state index contributed by atoms with van der Waals surface area (Å²) < 4.78 is 6.53. The summed E-state index contributed by atoms with van der Waals surface area (Å²) in [5, 5.41) is 6.88. The Morgan fingerprint density at radius 3 is 2.62 bits per heavy atom. The van der Waals surface area contributed by atoms with Crippen LogP contribution in [0.15, 0.2) is 30.4 Å². The lowest BCUT2D eigenvalue weighted by Gasteiger charge is -2.38. The first-order valence-corrected chi connectivity index (χ1v) is 16.3. The van der Waals surface area contributed by atoms with Crippen molar-refractivity contribution >= 4 is 35.0 Å². The van der Waals surface area contributed by atoms with Crippen LogP contribution in [0.5, 0.6) is 0 Å². The highest BCUT2D eigenvalue weighted by atomic mass is 35.5. The number of hydrogen-bond donors (Lipinski definition) is 2. The second-order valence-corrected chi connectivity index (χ2v) is 13.7. The average Bonchev–Trinajstić information content (AvgIpc) is 3.61. The van der Waals surface area contributed by atoms with Crippen LogP contribution in [-0.4, -0.2) is 77.5 Å². The van der Waals surface area contributed by atoms with Gasteiger partial charge >= 0.3 is 0 Å². The topological polar surface area (TPSA) is 91.0 Å². The number of rotatable bonds is 8. The van der Waals surface area contributed by atoms with Gasteiger partial charge in [0.1, 0.15) is 11.6 Å². The standard InChI is InChI=1S/C33H45ClN4O4/c1-20-9-7-10-25(22(20)3)36-31(40)29-33-14-13-26(42-33)27(30(39)35-23-12-11-21(2)24(34)19-23)28(33)32(41)38(29)18-8-17-37-15-5-4-6-16-37/h11-14,19-20,22,25-29H,4-10,15-18H2,1-3H3,(H,35,39)(H,36,40)/t20-,22+,25+,26-,27+,28-,29-,33-/m0/s1. The highest BCUT2D eigenvalue weighted by Gasteiger charge is 2.72. The van der Waals surface area contributed by atoms with Crippen molar-refractivity contribution in [3.8, 4) is 0 Å². The number of hydrogen-bond acceptors (Lipinski definition) is 5. The van der Waals surface area contributed by atoms with Crippen molar-refractivity contribution in [3.05, 3.63) is 40.9 Å². The predicted octanol–water partition coefficient (Wildman–Crippen LogP) is 4.55. The molecular weight excluding hydrogens is 552 g/mol. The summed E-state index contributed by atoms with van der Waals surface area (Å²) in [5.74, 6) is -1.19. The van der Waals surface area contributed by atoms with Crippen molar-refractivity contribution in [2.45, 2.75) is 89.5 Å². The fraction of sp³-hybridized carbons (Fsp3) is 0.667. The second kappa shape index (κ2) is 11.9. The number of benzene rings is 1. The summed E-state index contributed by atoms with van der Waals surface area (Å²) >= 11 is 6.31. The van der Waals surface area contributed by atoms with Gasteiger partial charge in [0.2, 0.25) is 17.7 Å². The van der Waals surface area contributed by atoms with Gasteiger partial charge in [-0.05, 0) is 81.8 Å². The Hall–Kier alpha value is -2.42. The smallest absolute Gasteiger partial charge is 0.246 e. The number of likely N-dealkylation sites (tertiary alicyclic amines) is 2. The van der Waals surface area contributed by atoms with Crippen LogP contribution in [0.2, 0.25) is 5.02 Å². The molecule has 8 atom stereocenters. The number of piperidine rings is 1. The molecule has 1 saturated carbocycles. The molecule has 2 bridgehead atoms. The fourth-order valence-corrected chi connectivity index (χ4v) is 8.28. The average molecular weight is 597 g/mol. The van der Waals surface area contributed by atoms with E-state index >= 15 is 0 Å². The molecular formula is C33H45ClN4O4. The summed E-state index contributed by atoms with van der Waals surface area (Å²) in [6.45, 7) is 9.89. The lowest BCUT2D eigenvalue weighted by Crippen LogP contribution is -2.58. The van der Waals surface area contributed by atoms with Crippen LogP contribution in [0.4, 0.5) is 5.69 Å². The van der Waals surface area contributed by atoms with E-state index in [1.807, 2.05) is 31.2 Å². The Morgan fingerprint density at radius 2 is 1.86 bits per heavy atom. The van der Waals surface area contributed by atoms with E-state index in [4.69, 9.17) is 16.3 Å². The molecule has 0 aromatic heterocycles. The molecule has 228 valence electrons. The fourth-order valence-electron chi connectivity index (χ4n) is 8.10. The van der Waals surface area contributed by atoms with Gasteiger partial charge < -0.3 is 25.2 Å². The van der Waals surface area contributed by atoms with Gasteiger partial charge in [0.05, 0.1) is 17.9 Å². The number of aryl methyl sites for hydroxylation is 1. The van der Waals surface area contributed by atoms with Crippen molar-refractivity contribution in [1.82, 2.24) is 15.1 Å². The molecule has 4 heterocycles. The van der Waals surface area contributed by atoms with E-state index in [0.29, 0.717) is 29.1 Å². The molecule has 4 aliphatic heterocycles. The van der Waals surface area contributed by atoms with Crippen LogP contribution in [-0.2, 0) is 19.1 Å². The SMILES string of the molecule is Cc1ccc(NC(=O)[C@@H]2[C@@H]3C=C[C@]4(O3)[C@@H]2C(=O)N(CCCN2CCCCC2)[C@H]4C(=O)N[C@@H]2CCC[C@H](C)[C@H]2C)cc1Cl. The lowest BCUT2D eigenvalue weighted by atomic mass is 9.73. The molecule has 9 heteroatoms. The number of halogens is 1. The third kappa shape index (κ3) is 5.28. The molecule has 1 aromatic carbocycles. The molecule has 8 nitrogen and oxygen atoms in total. The van der Waals surface area contributed by atoms with E-state index in [1.54, 1.807) is 11.0 Å². The zero-order valence-electron chi connectivity index (χ0n) is 25.1. The number of nitrogens with one attached hydrogen (secondary N) is 2. The van der Waals surface area contributed by atoms with Crippen molar-refractivity contribution in [3.63, 3.8) is 0 Å². The number of ether oxygens (including phenoxy) is 1. The first-order chi connectivity index (χ1) is 20.2. The second-order valence-electron chi connectivity index (χ2n) is 13.3. The van der Waals surface area contributed by atoms with Crippen LogP contribution in [0.3, 0.4) is 0 Å². The highest BCUT2D eigenvalue weighted by molar-refractivity contribution is 6.31. The molecule has 1 aromatic rings. The molecule has 3 amide bonds. The van der Waals surface area contributed by atoms with Gasteiger partial charge in [0.15, 0.2) is 0 Å². The number of anilines is 1. The number of carbonyl (C=O) groups excluding carboxylic acids is 3. The number of carbonyl (C=O) groups is 3. The van der Waals surface area contributed by atoms with E-state index in [9.17, 15) is 14.4 Å². The highest BCUT2D eigenvalue weighted by Crippen LogP contribution is 2.55. The third-order valence-electron chi connectivity index (χ3n) is 10.7. The van der Waals surface area contributed by atoms with Crippen molar-refractivity contribution in [1.29, 1.82) is 0 Å². The Bertz CT molecular complexity index is 1250. The maximum absolute atomic E-state index is 14.3. The van der Waals surface area contributed by atoms with Crippen LogP contribution >= 0.6 is 11.6 Å². The maximum Gasteiger partial charge on any atom is 0.246 e. The summed E-state index contributed by atoms with van der Waals surface area (Å²) in [7, 11) is 0. The normalized spacial score (nSPS) is 35.9. The summed E-state index contributed by atoms with van der Waals surface area (Å²) in [6, 6.07) is 4.66. The summed E-state index contributed by atoms with van der Waals surface area (Å²) in [5.41, 5.74) is 0.351. The van der Waals surface area contributed by atoms with Gasteiger partial charge in [0.25, 0.3) is 0 Å². The minimum absolute atomic E-state index is 0.0648. The number of amides is 3. The summed E-state index contributed by atoms with van der Waals surface area (Å²) in [4.78, 5) is 46.4. The number of nitrogens with zero attached hydrogens (tertiary/aromatic N) is 2. The summed E-state index contributed by atoms with van der Waals surface area (Å²) in [6.07, 6.45) is 10.9. The van der Waals surface area contributed by atoms with Gasteiger partial charge in [-0.1, -0.05) is 62.9 Å². The molecule has 1 spiro atoms. The largest absolute Gasteiger partial charge is 0.359 e. The van der Waals surface area contributed by atoms with E-state index in [2.05, 4.69) is 29.4 Å². The van der Waals surface area contributed by atoms with Crippen molar-refractivity contribution in [2.75, 3.05) is 31.5 Å². The first-order valence-electron chi connectivity index (χ1n) is 16.0. The Labute approximate surface area is 254 Å². The molecule has 3 saturated heterocycles. The molecule has 0 unspecified atom stereocenters. The molecule has 5 aliphatic rings. The Kier molecular flexibility index (Phi) is 8.42. The predicted molar refractivity (Wildman–Crippen MR) is 163 cm³/mol. The minimum Gasteiger partial charge on any atom is -0.359 e. The van der Waals surface area contributed by atoms with E-state index in [-0.39, 0.29) is 23.8 Å². The molecule has 1 aliphatic carbocycles. The Balaban J connectivity index is 1.25. The number of fused-ring (bicyclic) bond motifs is 1. The molecule has 4 fully saturated rings. The quantitative estimate of drug-likeness (QED) is 0.430. The van der Waals surface area contributed by atoms with Crippen LogP contribution in [0, 0.1) is 30.6 Å². The maximum atomic E-state index is 14.3. The Morgan fingerprint density at radius 1 is 1.07 bits per heavy atom. The molecule has 42 heavy (non-hydrogen) atoms. The van der Waals surface area contributed by atoms with Gasteiger partial charge in [-0.2, -0.15) is 0 Å². The third-order valence-corrected chi connectivity index (χ3v) is 11.1. The van der Waals surface area contributed by atoms with Gasteiger partial charge in [-0.3, -0.25) is 14.4 Å². The van der Waals surface area contributed by atoms with Crippen LogP contribution in [0.1, 0.15) is 64.4 Å². The minimum atomic E-state index is -1.15. The molecule has 6 rings (SSSR count). The van der Waals surface area contributed by atoms with E-state index in [1.165, 1.54) is 25.7 Å². The molecule has 2 N–H and O–H groups in total. The van der Waals surface area contributed by atoms with Crippen molar-refractivity contribution < 1.29 is 19.1 Å². The molecule has 0 radical (unpaired) electrons. The lowest BCUT2D eigenvalue weighted by molar-refractivity contribution is -0.141. The zero-order valence-corrected chi connectivity index (χ0v) is 25.9. The van der Waals surface area contributed by atoms with Crippen LogP contribution in [0.25, 0.3) is 0 Å². The van der Waals surface area contributed by atoms with Gasteiger partial charge in [0, 0.05) is 23.3 Å². The van der Waals surface area contributed by atoms with Gasteiger partial charge in [-0.15, -0.1) is 0 Å². The van der Waals surface area contributed by atoms with Crippen LogP contribution < -0.4 is 10.6 Å². The monoisotopic (exact) mass is 596 g/mol. The zero-order chi connectivity index (χ0) is 29.6. The van der Waals surface area contributed by atoms with E-state index < -0.39 is 29.6 Å². The van der Waals surface area contributed by atoms with Crippen molar-refractivity contribution in [2.24, 2.45) is 23.7 Å².